The molecule has 0 amide bonds. The molecule has 0 aliphatic heterocycles. The molecule has 0 heterocycles. The van der Waals surface area contributed by atoms with Crippen LogP contribution in [0.15, 0.2) is 35.2 Å². The first kappa shape index (κ1) is 16.1. The summed E-state index contributed by atoms with van der Waals surface area (Å²) in [5.74, 6) is -1.56. The zero-order valence-electron chi connectivity index (χ0n) is 11.6. The van der Waals surface area contributed by atoms with E-state index in [2.05, 4.69) is 0 Å². The minimum Gasteiger partial charge on any atom is -0.397 e. The number of benzene rings is 2. The number of nitro benzene ring substituents is 1. The van der Waals surface area contributed by atoms with Crippen LogP contribution in [0.5, 0.6) is 0 Å². The van der Waals surface area contributed by atoms with Gasteiger partial charge >= 0.3 is 0 Å². The Morgan fingerprint density at radius 3 is 2.00 bits per heavy atom. The number of halogens is 1. The Kier molecular flexibility index (Phi) is 3.43. The molecule has 0 fully saturated rings. The van der Waals surface area contributed by atoms with Crippen molar-refractivity contribution in [3.63, 3.8) is 0 Å². The largest absolute Gasteiger partial charge is 0.397 e. The molecular formula is C14H7ClN2O6S. The van der Waals surface area contributed by atoms with Gasteiger partial charge in [-0.3, -0.25) is 19.7 Å². The Morgan fingerprint density at radius 2 is 1.54 bits per heavy atom. The fourth-order valence-corrected chi connectivity index (χ4v) is 3.62. The molecule has 10 heteroatoms. The Hall–Kier alpha value is -2.78. The van der Waals surface area contributed by atoms with E-state index < -0.39 is 52.9 Å². The van der Waals surface area contributed by atoms with Crippen LogP contribution in [-0.4, -0.2) is 24.9 Å². The molecular weight excluding hydrogens is 360 g/mol. The number of nitrogens with two attached hydrogens (primary N) is 1. The highest BCUT2D eigenvalue weighted by Crippen LogP contribution is 2.40. The summed E-state index contributed by atoms with van der Waals surface area (Å²) < 4.78 is 23.2. The van der Waals surface area contributed by atoms with E-state index in [1.165, 1.54) is 24.3 Å². The average molecular weight is 367 g/mol. The maximum atomic E-state index is 12.6. The molecule has 0 radical (unpaired) electrons. The van der Waals surface area contributed by atoms with E-state index in [-0.39, 0.29) is 11.1 Å². The summed E-state index contributed by atoms with van der Waals surface area (Å²) >= 11 is 0. The molecule has 122 valence electrons. The van der Waals surface area contributed by atoms with E-state index in [0.717, 1.165) is 0 Å². The molecule has 2 aromatic rings. The van der Waals surface area contributed by atoms with Crippen LogP contribution in [0.3, 0.4) is 0 Å². The van der Waals surface area contributed by atoms with Crippen LogP contribution in [-0.2, 0) is 9.05 Å². The molecule has 8 nitrogen and oxygen atoms in total. The summed E-state index contributed by atoms with van der Waals surface area (Å²) in [4.78, 5) is 34.8. The molecule has 2 N–H and O–H groups in total. The summed E-state index contributed by atoms with van der Waals surface area (Å²) in [6.45, 7) is 0. The summed E-state index contributed by atoms with van der Waals surface area (Å²) in [6.07, 6.45) is 0. The van der Waals surface area contributed by atoms with Gasteiger partial charge in [-0.1, -0.05) is 24.3 Å². The smallest absolute Gasteiger partial charge is 0.282 e. The van der Waals surface area contributed by atoms with Crippen molar-refractivity contribution in [2.45, 2.75) is 4.90 Å². The molecule has 3 rings (SSSR count). The van der Waals surface area contributed by atoms with Gasteiger partial charge in [-0.05, 0) is 0 Å². The highest BCUT2D eigenvalue weighted by Gasteiger charge is 2.39. The van der Waals surface area contributed by atoms with Gasteiger partial charge in [-0.25, -0.2) is 8.42 Å². The number of carbonyl (C=O) groups is 2. The van der Waals surface area contributed by atoms with Gasteiger partial charge in [0.05, 0.1) is 16.2 Å². The van der Waals surface area contributed by atoms with E-state index in [1.54, 1.807) is 0 Å². The van der Waals surface area contributed by atoms with Crippen molar-refractivity contribution in [3.05, 3.63) is 62.7 Å². The lowest BCUT2D eigenvalue weighted by atomic mass is 9.82. The second kappa shape index (κ2) is 5.11. The van der Waals surface area contributed by atoms with Gasteiger partial charge in [0.2, 0.25) is 5.78 Å². The second-order valence-corrected chi connectivity index (χ2v) is 7.49. The summed E-state index contributed by atoms with van der Waals surface area (Å²) in [5, 5.41) is 11.3. The third-order valence-corrected chi connectivity index (χ3v) is 5.00. The van der Waals surface area contributed by atoms with E-state index >= 15 is 0 Å². The minimum atomic E-state index is -4.46. The van der Waals surface area contributed by atoms with Gasteiger partial charge in [0.25, 0.3) is 14.7 Å². The van der Waals surface area contributed by atoms with E-state index in [1.807, 2.05) is 0 Å². The van der Waals surface area contributed by atoms with E-state index in [0.29, 0.717) is 6.07 Å². The molecule has 0 spiro atoms. The van der Waals surface area contributed by atoms with Gasteiger partial charge in [0.1, 0.15) is 10.5 Å². The van der Waals surface area contributed by atoms with Crippen molar-refractivity contribution in [3.8, 4) is 0 Å². The van der Waals surface area contributed by atoms with Crippen molar-refractivity contribution < 1.29 is 22.9 Å². The molecule has 0 saturated heterocycles. The van der Waals surface area contributed by atoms with Crippen molar-refractivity contribution in [1.82, 2.24) is 0 Å². The maximum absolute atomic E-state index is 12.6. The van der Waals surface area contributed by atoms with E-state index in [9.17, 15) is 28.1 Å². The Morgan fingerprint density at radius 1 is 1.04 bits per heavy atom. The van der Waals surface area contributed by atoms with Crippen LogP contribution in [0.25, 0.3) is 0 Å². The third kappa shape index (κ3) is 2.17. The summed E-state index contributed by atoms with van der Waals surface area (Å²) in [7, 11) is 0.779. The predicted molar refractivity (Wildman–Crippen MR) is 83.9 cm³/mol. The number of carbonyl (C=O) groups excluding carboxylic acids is 2. The summed E-state index contributed by atoms with van der Waals surface area (Å²) in [6, 6.07) is 6.30. The number of hydrogen-bond donors (Lipinski definition) is 1. The highest BCUT2D eigenvalue weighted by atomic mass is 35.7. The second-order valence-electron chi connectivity index (χ2n) is 4.96. The number of ketones is 2. The molecule has 0 bridgehead atoms. The third-order valence-electron chi connectivity index (χ3n) is 3.64. The van der Waals surface area contributed by atoms with Crippen molar-refractivity contribution in [1.29, 1.82) is 0 Å². The van der Waals surface area contributed by atoms with Crippen molar-refractivity contribution >= 4 is 42.7 Å². The van der Waals surface area contributed by atoms with Crippen LogP contribution < -0.4 is 5.73 Å². The molecule has 1 aliphatic carbocycles. The number of rotatable bonds is 2. The van der Waals surface area contributed by atoms with Gasteiger partial charge in [0, 0.05) is 27.9 Å². The topological polar surface area (TPSA) is 137 Å². The van der Waals surface area contributed by atoms with Crippen LogP contribution in [0, 0.1) is 10.1 Å². The van der Waals surface area contributed by atoms with Crippen molar-refractivity contribution in [2.24, 2.45) is 0 Å². The van der Waals surface area contributed by atoms with Crippen LogP contribution in [0.1, 0.15) is 31.8 Å². The fourth-order valence-electron chi connectivity index (χ4n) is 2.62. The average Bonchev–Trinajstić information content (AvgIpc) is 2.50. The normalized spacial score (nSPS) is 13.4. The lowest BCUT2D eigenvalue weighted by Crippen LogP contribution is -2.24. The lowest BCUT2D eigenvalue weighted by Gasteiger charge is -2.19. The summed E-state index contributed by atoms with van der Waals surface area (Å²) in [5.41, 5.74) is 3.20. The Balaban J connectivity index is 2.50. The Bertz CT molecular complexity index is 1060. The van der Waals surface area contributed by atoms with E-state index in [4.69, 9.17) is 16.4 Å². The number of fused-ring (bicyclic) bond motifs is 2. The molecule has 0 saturated carbocycles. The first-order valence-corrected chi connectivity index (χ1v) is 8.69. The molecule has 0 unspecified atom stereocenters. The maximum Gasteiger partial charge on any atom is 0.282 e. The zero-order valence-corrected chi connectivity index (χ0v) is 13.2. The number of nitrogens with zero attached hydrogens (tertiary/aromatic N) is 1. The highest BCUT2D eigenvalue weighted by molar-refractivity contribution is 8.13. The zero-order chi connectivity index (χ0) is 17.8. The number of hydrogen-bond acceptors (Lipinski definition) is 7. The van der Waals surface area contributed by atoms with Gasteiger partial charge in [-0.2, -0.15) is 0 Å². The van der Waals surface area contributed by atoms with Crippen LogP contribution >= 0.6 is 10.7 Å². The number of anilines is 1. The quantitative estimate of drug-likeness (QED) is 0.316. The number of nitro groups is 1. The number of nitrogen functional groups attached to an aromatic ring is 1. The van der Waals surface area contributed by atoms with Crippen molar-refractivity contribution in [2.75, 3.05) is 5.73 Å². The monoisotopic (exact) mass is 366 g/mol. The molecule has 2 aromatic carbocycles. The minimum absolute atomic E-state index is 0.0138. The van der Waals surface area contributed by atoms with Crippen LogP contribution in [0.2, 0.25) is 0 Å². The SMILES string of the molecule is Nc1c(S(=O)(=O)Cl)cc([N+](=O)[O-])c2c1C(=O)c1ccccc1C2=O. The van der Waals surface area contributed by atoms with Gasteiger partial charge in [0.15, 0.2) is 5.78 Å². The van der Waals surface area contributed by atoms with Crippen LogP contribution in [0.4, 0.5) is 11.4 Å². The first-order chi connectivity index (χ1) is 11.1. The van der Waals surface area contributed by atoms with Gasteiger partial charge < -0.3 is 5.73 Å². The Labute approximate surface area is 139 Å². The predicted octanol–water partition coefficient (Wildman–Crippen LogP) is 1.88. The molecule has 1 aliphatic rings. The fraction of sp³-hybridized carbons (Fsp3) is 0. The molecule has 0 aromatic heterocycles. The molecule has 24 heavy (non-hydrogen) atoms. The first-order valence-electron chi connectivity index (χ1n) is 6.38. The van der Waals surface area contributed by atoms with Gasteiger partial charge in [-0.15, -0.1) is 0 Å². The standard InChI is InChI=1S/C14H7ClN2O6S/c15-24(22,23)9-5-8(17(20)21)10-11(12(9)16)14(19)7-4-2-1-3-6(7)13(10)18/h1-5H,16H2. The lowest BCUT2D eigenvalue weighted by molar-refractivity contribution is -0.385. The molecule has 0 atom stereocenters.